The van der Waals surface area contributed by atoms with E-state index in [-0.39, 0.29) is 92.9 Å². The van der Waals surface area contributed by atoms with Crippen molar-refractivity contribution in [2.45, 2.75) is 152 Å². The molecule has 19 rings (SSSR count). The Morgan fingerprint density at radius 2 is 0.383 bits per heavy atom. The monoisotopic (exact) mass is 2410 g/mol. The minimum Gasteiger partial charge on any atom is -0.295 e. The molecule has 0 aliphatic carbocycles. The van der Waals surface area contributed by atoms with Gasteiger partial charge in [0.25, 0.3) is 0 Å². The molecule has 6 heterocycles. The second-order valence-corrected chi connectivity index (χ2v) is 47.8. The van der Waals surface area contributed by atoms with Crippen molar-refractivity contribution in [2.24, 2.45) is 0 Å². The van der Waals surface area contributed by atoms with Crippen molar-refractivity contribution in [1.82, 2.24) is 29.9 Å². The maximum atomic E-state index is 4.88. The third kappa shape index (κ3) is 25.4. The van der Waals surface area contributed by atoms with Crippen LogP contribution in [0.1, 0.15) is 96.5 Å². The molecule has 0 aliphatic rings. The number of aryl methyl sites for hydroxylation is 12. The molecule has 0 fully saturated rings. The molecule has 0 radical (unpaired) electrons. The molecule has 0 bridgehead atoms. The van der Waals surface area contributed by atoms with E-state index in [2.05, 4.69) is 462 Å². The Morgan fingerprint density at radius 3 is 0.582 bits per heavy atom. The largest absolute Gasteiger partial charge is 2.00 e. The molecule has 6 aromatic heterocycles. The number of aromatic nitrogens is 6. The average molecular weight is 2410 g/mol. The SMILES string of the molecule is C.C.C.C.C[Si](C)(C)c1ccc(-c2[c-]c(-c3ccccc3-c3[c-]c(-c4ccc([Si](C)(C)C)cn4)ccc3)ccc2)nc1.Cc1cc(C)c(-c2ccc(-c3[c-]c(-c4ccccc4-c4[c-]c(-c5ccc(-c6c(C)cc(C)cc6C)cn5)ccc4)ccc3)nc2)c(C)c1.Cc1cc(C)c(-c2ccnc(-c3[c-]c(-c4ccccc4-c4[c-]c(-c5cc(-c6c(C)cc(C)cc6C)ccn5)ccc4)ccc3)c2)c(C)c1.[Pt+2].[Pt+2].[Pt+2]. The predicted molar refractivity (Wildman–Crippen MR) is 596 cm³/mol. The number of hydrogen-bond donors (Lipinski definition) is 0. The van der Waals surface area contributed by atoms with E-state index in [4.69, 9.17) is 29.9 Å². The van der Waals surface area contributed by atoms with Gasteiger partial charge in [0, 0.05) is 71.3 Å². The van der Waals surface area contributed by atoms with Crippen LogP contribution in [0.15, 0.2) is 340 Å². The van der Waals surface area contributed by atoms with E-state index in [0.717, 1.165) is 145 Å². The molecule has 0 spiro atoms. The van der Waals surface area contributed by atoms with Crippen molar-refractivity contribution in [3.63, 3.8) is 0 Å². The van der Waals surface area contributed by atoms with Crippen molar-refractivity contribution in [1.29, 1.82) is 0 Å². The fraction of sp³-hybridized carbons (Fsp3) is 0.169. The Kier molecular flexibility index (Phi) is 37.7. The minimum atomic E-state index is -1.39. The van der Waals surface area contributed by atoms with Gasteiger partial charge in [0.2, 0.25) is 0 Å². The van der Waals surface area contributed by atoms with Crippen molar-refractivity contribution < 1.29 is 63.2 Å². The van der Waals surface area contributed by atoms with Gasteiger partial charge < -0.3 is 0 Å². The van der Waals surface area contributed by atoms with E-state index < -0.39 is 16.1 Å². The number of benzene rings is 13. The predicted octanol–water partition coefficient (Wildman–Crippen LogP) is 34.2. The summed E-state index contributed by atoms with van der Waals surface area (Å²) in [6.07, 6.45) is 11.9. The summed E-state index contributed by atoms with van der Waals surface area (Å²) in [6, 6.07) is 129. The quantitative estimate of drug-likeness (QED) is 0.0629. The van der Waals surface area contributed by atoms with Crippen molar-refractivity contribution >= 4 is 26.5 Å². The van der Waals surface area contributed by atoms with Gasteiger partial charge in [-0.3, -0.25) is 29.9 Å². The Balaban J connectivity index is 0.000000214. The average Bonchev–Trinajstić information content (AvgIpc) is 0.791. The van der Waals surface area contributed by atoms with Gasteiger partial charge in [-0.15, -0.1) is 212 Å². The van der Waals surface area contributed by atoms with Gasteiger partial charge in [-0.2, -0.15) is 0 Å². The molecular weight excluding hydrogens is 2290 g/mol. The molecule has 0 aliphatic heterocycles. The van der Waals surface area contributed by atoms with Crippen LogP contribution in [0.5, 0.6) is 0 Å². The fourth-order valence-electron chi connectivity index (χ4n) is 18.9. The second-order valence-electron chi connectivity index (χ2n) is 37.7. The molecule has 0 amide bonds. The first-order valence-corrected chi connectivity index (χ1v) is 53.2. The van der Waals surface area contributed by atoms with E-state index in [0.29, 0.717) is 0 Å². The van der Waals surface area contributed by atoms with Crippen LogP contribution in [0.3, 0.4) is 0 Å². The number of hydrogen-bond acceptors (Lipinski definition) is 6. The first-order valence-electron chi connectivity index (χ1n) is 46.2. The van der Waals surface area contributed by atoms with Crippen LogP contribution in [0.25, 0.3) is 179 Å². The van der Waals surface area contributed by atoms with E-state index in [1.54, 1.807) is 0 Å². The van der Waals surface area contributed by atoms with Crippen LogP contribution in [-0.4, -0.2) is 46.1 Å². The van der Waals surface area contributed by atoms with Crippen LogP contribution in [0.4, 0.5) is 0 Å². The molecular formula is C130H126N6Pt3Si2. The molecule has 0 saturated carbocycles. The summed E-state index contributed by atoms with van der Waals surface area (Å²) in [7, 11) is -2.77. The molecule has 0 unspecified atom stereocenters. The maximum Gasteiger partial charge on any atom is 2.00 e. The Labute approximate surface area is 886 Å². The second kappa shape index (κ2) is 48.2. The summed E-state index contributed by atoms with van der Waals surface area (Å²) in [4.78, 5) is 28.9. The Hall–Kier alpha value is -12.7. The maximum absolute atomic E-state index is 4.88. The molecule has 6 nitrogen and oxygen atoms in total. The summed E-state index contributed by atoms with van der Waals surface area (Å²) in [5.41, 5.74) is 49.2. The zero-order valence-electron chi connectivity index (χ0n) is 81.0. The third-order valence-electron chi connectivity index (χ3n) is 25.1. The van der Waals surface area contributed by atoms with Crippen LogP contribution < -0.4 is 10.4 Å². The zero-order chi connectivity index (χ0) is 93.6. The van der Waals surface area contributed by atoms with E-state index in [1.807, 2.05) is 37.2 Å². The van der Waals surface area contributed by atoms with Gasteiger partial charge in [-0.25, -0.2) is 0 Å². The van der Waals surface area contributed by atoms with E-state index in [9.17, 15) is 0 Å². The first kappa shape index (κ1) is 110. The van der Waals surface area contributed by atoms with Crippen molar-refractivity contribution in [2.75, 3.05) is 0 Å². The standard InChI is InChI=1S/2C46H38N2.C34H34N2Si2.4CH4.3Pt/c1-29-21-31(3)45(32(4)22-29)39-17-19-47-43(27-39)37-13-9-11-35(25-37)41-15-7-8-16-42(41)36-12-10-14-38(26-36)44-28-40(18-20-48-44)46-33(5)23-30(2)24-34(46)6;1-29-21-31(3)45(32(4)22-29)39-17-19-43(47-27-39)37-13-9-11-35(25-37)41-15-7-8-16-42(41)36-12-10-14-38(26-36)44-20-18-40(28-48-44)46-33(5)23-30(2)24-34(46)6;1-37(2,3)29-17-19-33(35-23-29)27-13-9-11-25(21-27)31-15-7-8-16-32(31)26-12-10-14-28(22-26)34-20-18-30(24-36-34)38(4,5)6;;;;;;;/h2*7-24,27-28H,1-6H3;7-20,23-24H,1-6H3;4*1H4;;;/q3*-2;;;;;3*+2. The van der Waals surface area contributed by atoms with Crippen LogP contribution in [0, 0.1) is 119 Å². The molecule has 19 aromatic rings. The summed E-state index contributed by atoms with van der Waals surface area (Å²) in [5, 5.41) is 2.73. The molecule has 0 saturated heterocycles. The summed E-state index contributed by atoms with van der Waals surface area (Å²) < 4.78 is 0. The van der Waals surface area contributed by atoms with Gasteiger partial charge in [0.15, 0.2) is 0 Å². The molecule has 714 valence electrons. The van der Waals surface area contributed by atoms with Gasteiger partial charge >= 0.3 is 63.2 Å². The molecule has 0 N–H and O–H groups in total. The van der Waals surface area contributed by atoms with Crippen molar-refractivity contribution in [3.8, 4) is 179 Å². The van der Waals surface area contributed by atoms with Crippen LogP contribution >= 0.6 is 0 Å². The molecule has 141 heavy (non-hydrogen) atoms. The smallest absolute Gasteiger partial charge is 0.295 e. The normalized spacial score (nSPS) is 10.8. The van der Waals surface area contributed by atoms with Crippen LogP contribution in [-0.2, 0) is 63.2 Å². The topological polar surface area (TPSA) is 77.3 Å². The number of rotatable bonds is 18. The number of pyridine rings is 6. The Bertz CT molecular complexity index is 7040. The van der Waals surface area contributed by atoms with Gasteiger partial charge in [0.05, 0.1) is 16.1 Å². The summed E-state index contributed by atoms with van der Waals surface area (Å²) >= 11 is 0. The van der Waals surface area contributed by atoms with Gasteiger partial charge in [-0.1, -0.05) is 307 Å². The number of nitrogens with zero attached hydrogens (tertiary/aromatic N) is 6. The molecule has 0 atom stereocenters. The summed E-state index contributed by atoms with van der Waals surface area (Å²) in [6.45, 7) is 40.1. The minimum absolute atomic E-state index is 0. The molecule has 13 aromatic carbocycles. The molecule has 11 heteroatoms. The van der Waals surface area contributed by atoms with Gasteiger partial charge in [0.1, 0.15) is 0 Å². The zero-order valence-corrected chi connectivity index (χ0v) is 89.8. The van der Waals surface area contributed by atoms with E-state index >= 15 is 0 Å². The van der Waals surface area contributed by atoms with Crippen LogP contribution in [0.2, 0.25) is 39.3 Å². The van der Waals surface area contributed by atoms with Crippen molar-refractivity contribution in [3.05, 3.63) is 444 Å². The Morgan fingerprint density at radius 1 is 0.184 bits per heavy atom. The third-order valence-corrected chi connectivity index (χ3v) is 29.2. The van der Waals surface area contributed by atoms with Gasteiger partial charge in [-0.05, 0) is 195 Å². The fourth-order valence-corrected chi connectivity index (χ4v) is 21.0. The summed E-state index contributed by atoms with van der Waals surface area (Å²) in [5.74, 6) is 0. The first-order chi connectivity index (χ1) is 64.6. The van der Waals surface area contributed by atoms with E-state index in [1.165, 1.54) is 111 Å².